The lowest BCUT2D eigenvalue weighted by Crippen LogP contribution is -2.38. The minimum Gasteiger partial charge on any atom is -0.497 e. The Hall–Kier alpha value is -3.11. The molecule has 2 heterocycles. The molecule has 160 valence electrons. The number of Topliss-reactive ketones (excluding diaryl/α,β-unsaturated/α-hetero) is 1. The maximum Gasteiger partial charge on any atom is 0.164 e. The molecule has 0 saturated carbocycles. The van der Waals surface area contributed by atoms with E-state index < -0.39 is 5.92 Å². The van der Waals surface area contributed by atoms with Gasteiger partial charge in [0.1, 0.15) is 17.3 Å². The number of carbonyl (C=O) groups is 1. The van der Waals surface area contributed by atoms with E-state index in [1.165, 1.54) is 0 Å². The predicted octanol–water partition coefficient (Wildman–Crippen LogP) is 5.01. The van der Waals surface area contributed by atoms with Crippen molar-refractivity contribution in [1.82, 2.24) is 0 Å². The van der Waals surface area contributed by atoms with Crippen molar-refractivity contribution < 1.29 is 13.9 Å². The lowest BCUT2D eigenvalue weighted by molar-refractivity contribution is -0.116. The summed E-state index contributed by atoms with van der Waals surface area (Å²) in [5.41, 5.74) is 10.2. The van der Waals surface area contributed by atoms with E-state index in [-0.39, 0.29) is 5.78 Å². The van der Waals surface area contributed by atoms with Crippen LogP contribution >= 0.6 is 11.8 Å². The van der Waals surface area contributed by atoms with Crippen LogP contribution in [0, 0.1) is 18.3 Å². The third-order valence-electron chi connectivity index (χ3n) is 5.68. The first-order valence-electron chi connectivity index (χ1n) is 10.3. The normalized spacial score (nSPS) is 18.8. The molecule has 1 unspecified atom stereocenters. The van der Waals surface area contributed by atoms with Crippen LogP contribution in [-0.2, 0) is 4.79 Å². The van der Waals surface area contributed by atoms with Crippen molar-refractivity contribution in [1.29, 1.82) is 5.26 Å². The van der Waals surface area contributed by atoms with Crippen LogP contribution in [0.25, 0.3) is 0 Å². The summed E-state index contributed by atoms with van der Waals surface area (Å²) in [4.78, 5) is 15.1. The molecule has 1 aliphatic carbocycles. The molecule has 0 saturated heterocycles. The summed E-state index contributed by atoms with van der Waals surface area (Å²) >= 11 is 1.57. The van der Waals surface area contributed by atoms with Crippen molar-refractivity contribution in [2.45, 2.75) is 44.1 Å². The average molecular weight is 436 g/mol. The Morgan fingerprint density at radius 1 is 1.32 bits per heavy atom. The number of carbonyl (C=O) groups excluding carboxylic acids is 1. The van der Waals surface area contributed by atoms with Crippen molar-refractivity contribution in [3.8, 4) is 11.8 Å². The molecule has 0 amide bonds. The van der Waals surface area contributed by atoms with E-state index in [9.17, 15) is 10.1 Å². The van der Waals surface area contributed by atoms with Gasteiger partial charge in [-0.15, -0.1) is 0 Å². The van der Waals surface area contributed by atoms with Crippen LogP contribution in [0.1, 0.15) is 43.4 Å². The molecule has 1 atom stereocenters. The second-order valence-electron chi connectivity index (χ2n) is 7.55. The fourth-order valence-corrected chi connectivity index (χ4v) is 5.18. The summed E-state index contributed by atoms with van der Waals surface area (Å²) in [5, 5.41) is 10.9. The predicted molar refractivity (Wildman–Crippen MR) is 121 cm³/mol. The number of thioether (sulfide) groups is 1. The van der Waals surface area contributed by atoms with Gasteiger partial charge in [0, 0.05) is 28.9 Å². The van der Waals surface area contributed by atoms with Crippen LogP contribution in [0.2, 0.25) is 0 Å². The average Bonchev–Trinajstić information content (AvgIpc) is 3.13. The quantitative estimate of drug-likeness (QED) is 0.660. The van der Waals surface area contributed by atoms with Crippen LogP contribution in [-0.4, -0.2) is 18.6 Å². The second-order valence-corrected chi connectivity index (χ2v) is 8.78. The van der Waals surface area contributed by atoms with Crippen LogP contribution in [0.4, 0.5) is 5.69 Å². The number of nitrogens with zero attached hydrogens (tertiary/aromatic N) is 2. The van der Waals surface area contributed by atoms with E-state index in [1.807, 2.05) is 49.1 Å². The van der Waals surface area contributed by atoms with Crippen LogP contribution in [0.5, 0.6) is 5.75 Å². The number of allylic oxidation sites excluding steroid dienone is 3. The van der Waals surface area contributed by atoms with Gasteiger partial charge >= 0.3 is 0 Å². The molecule has 0 radical (unpaired) electrons. The summed E-state index contributed by atoms with van der Waals surface area (Å²) in [5.74, 6) is 2.23. The second kappa shape index (κ2) is 8.56. The number of anilines is 1. The highest BCUT2D eigenvalue weighted by molar-refractivity contribution is 7.99. The van der Waals surface area contributed by atoms with Gasteiger partial charge in [0.2, 0.25) is 0 Å². The summed E-state index contributed by atoms with van der Waals surface area (Å²) in [6.07, 6.45) is 1.95. The van der Waals surface area contributed by atoms with Crippen molar-refractivity contribution in [2.75, 3.05) is 17.8 Å². The Morgan fingerprint density at radius 2 is 2.06 bits per heavy atom. The molecule has 0 bridgehead atoms. The summed E-state index contributed by atoms with van der Waals surface area (Å²) in [6, 6.07) is 11.7. The first-order chi connectivity index (χ1) is 15.0. The molecule has 1 aliphatic heterocycles. The smallest absolute Gasteiger partial charge is 0.164 e. The van der Waals surface area contributed by atoms with E-state index in [0.29, 0.717) is 23.4 Å². The molecule has 31 heavy (non-hydrogen) atoms. The van der Waals surface area contributed by atoms with Gasteiger partial charge in [0.25, 0.3) is 0 Å². The molecule has 0 spiro atoms. The lowest BCUT2D eigenvalue weighted by atomic mass is 9.76. The molecule has 2 aromatic rings. The Bertz CT molecular complexity index is 1120. The van der Waals surface area contributed by atoms with Crippen LogP contribution in [0.3, 0.4) is 0 Å². The minimum atomic E-state index is -0.506. The van der Waals surface area contributed by atoms with Gasteiger partial charge in [-0.05, 0) is 55.9 Å². The minimum absolute atomic E-state index is 0.0660. The molecule has 2 N–H and O–H groups in total. The number of benzene rings is 1. The molecule has 1 aromatic heterocycles. The number of aryl methyl sites for hydroxylation is 1. The summed E-state index contributed by atoms with van der Waals surface area (Å²) in [7, 11) is 1.61. The molecule has 7 heteroatoms. The van der Waals surface area contributed by atoms with Crippen LogP contribution < -0.4 is 15.4 Å². The number of ether oxygens (including phenoxy) is 1. The summed E-state index contributed by atoms with van der Waals surface area (Å²) in [6.45, 7) is 3.93. The van der Waals surface area contributed by atoms with E-state index in [1.54, 1.807) is 18.9 Å². The number of nitriles is 1. The zero-order chi connectivity index (χ0) is 22.1. The van der Waals surface area contributed by atoms with Gasteiger partial charge in [0.15, 0.2) is 10.9 Å². The Morgan fingerprint density at radius 3 is 2.71 bits per heavy atom. The molecule has 0 fully saturated rings. The fourth-order valence-electron chi connectivity index (χ4n) is 4.38. The lowest BCUT2D eigenvalue weighted by Gasteiger charge is -2.39. The molecular weight excluding hydrogens is 410 g/mol. The standard InChI is InChI=1S/C24H25N3O3S/c1-4-31-24-17(12-14(2)30-24)21-18(13-25)23(26)27(15-8-10-16(29-3)11-9-15)19-6-5-7-20(28)22(19)21/h8-12,21H,4-7,26H2,1-3H3. The van der Waals surface area contributed by atoms with Gasteiger partial charge in [-0.2, -0.15) is 5.26 Å². The largest absolute Gasteiger partial charge is 0.497 e. The third kappa shape index (κ3) is 3.61. The maximum atomic E-state index is 13.2. The number of hydrogen-bond donors (Lipinski definition) is 1. The SMILES string of the molecule is CCSc1oc(C)cc1C1C(C#N)=C(N)N(c2ccc(OC)cc2)C2=C1C(=O)CCC2. The number of nitrogens with two attached hydrogens (primary N) is 1. The van der Waals surface area contributed by atoms with Crippen LogP contribution in [0.15, 0.2) is 62.5 Å². The van der Waals surface area contributed by atoms with Gasteiger partial charge in [-0.3, -0.25) is 9.69 Å². The van der Waals surface area contributed by atoms with Gasteiger partial charge in [0.05, 0.1) is 24.7 Å². The Kier molecular flexibility index (Phi) is 5.84. The first kappa shape index (κ1) is 21.1. The van der Waals surface area contributed by atoms with Gasteiger partial charge < -0.3 is 14.9 Å². The van der Waals surface area contributed by atoms with E-state index in [4.69, 9.17) is 14.9 Å². The van der Waals surface area contributed by atoms with Crippen molar-refractivity contribution in [3.05, 3.63) is 64.3 Å². The highest BCUT2D eigenvalue weighted by Gasteiger charge is 2.41. The fraction of sp³-hybridized carbons (Fsp3) is 0.333. The van der Waals surface area contributed by atoms with E-state index in [2.05, 4.69) is 6.07 Å². The molecule has 6 nitrogen and oxygen atoms in total. The molecule has 1 aromatic carbocycles. The Labute approximate surface area is 186 Å². The number of methoxy groups -OCH3 is 1. The number of hydrogen-bond acceptors (Lipinski definition) is 7. The maximum absolute atomic E-state index is 13.2. The molecular formula is C24H25N3O3S. The third-order valence-corrected chi connectivity index (χ3v) is 6.55. The van der Waals surface area contributed by atoms with Gasteiger partial charge in [-0.1, -0.05) is 18.7 Å². The zero-order valence-electron chi connectivity index (χ0n) is 17.9. The molecule has 2 aliphatic rings. The van der Waals surface area contributed by atoms with E-state index in [0.717, 1.165) is 52.1 Å². The van der Waals surface area contributed by atoms with E-state index >= 15 is 0 Å². The zero-order valence-corrected chi connectivity index (χ0v) is 18.7. The monoisotopic (exact) mass is 435 g/mol. The molecule has 4 rings (SSSR count). The number of rotatable bonds is 5. The Balaban J connectivity index is 1.94. The number of furan rings is 1. The first-order valence-corrected chi connectivity index (χ1v) is 11.3. The highest BCUT2D eigenvalue weighted by Crippen LogP contribution is 2.48. The highest BCUT2D eigenvalue weighted by atomic mass is 32.2. The van der Waals surface area contributed by atoms with Crippen molar-refractivity contribution in [3.63, 3.8) is 0 Å². The summed E-state index contributed by atoms with van der Waals surface area (Å²) < 4.78 is 11.2. The number of ketones is 1. The van der Waals surface area contributed by atoms with Crippen molar-refractivity contribution >= 4 is 23.2 Å². The van der Waals surface area contributed by atoms with Crippen molar-refractivity contribution in [2.24, 2.45) is 5.73 Å². The van der Waals surface area contributed by atoms with Gasteiger partial charge in [-0.25, -0.2) is 0 Å². The topological polar surface area (TPSA) is 92.5 Å².